The van der Waals surface area contributed by atoms with Crippen molar-refractivity contribution in [2.24, 2.45) is 12.8 Å². The van der Waals surface area contributed by atoms with Gasteiger partial charge in [-0.1, -0.05) is 0 Å². The Hall–Kier alpha value is -3.46. The molecule has 0 bridgehead atoms. The molecule has 0 atom stereocenters. The third-order valence-corrected chi connectivity index (χ3v) is 5.44. The van der Waals surface area contributed by atoms with Crippen LogP contribution in [0.15, 0.2) is 36.8 Å². The lowest BCUT2D eigenvalue weighted by Crippen LogP contribution is -2.31. The molecule has 3 aromatic heterocycles. The minimum atomic E-state index is -0.501. The first-order valence-electron chi connectivity index (χ1n) is 9.77. The predicted octanol–water partition coefficient (Wildman–Crippen LogP) is 2.82. The van der Waals surface area contributed by atoms with Crippen LogP contribution < -0.4 is 16.4 Å². The maximum Gasteiger partial charge on any atom is 0.257 e. The molecule has 1 aromatic carbocycles. The number of carbonyl (C=O) groups excluding carboxylic acids is 1. The van der Waals surface area contributed by atoms with Crippen LogP contribution in [-0.4, -0.2) is 37.2 Å². The molecule has 1 aliphatic carbocycles. The Morgan fingerprint density at radius 3 is 2.87 bits per heavy atom. The van der Waals surface area contributed by atoms with E-state index >= 15 is 0 Å². The van der Waals surface area contributed by atoms with E-state index in [0.717, 1.165) is 23.9 Å². The fraction of sp³-hybridized carbons (Fsp3) is 0.286. The smallest absolute Gasteiger partial charge is 0.257 e. The van der Waals surface area contributed by atoms with Crippen LogP contribution in [0.3, 0.4) is 0 Å². The van der Waals surface area contributed by atoms with Gasteiger partial charge in [-0.25, -0.2) is 9.37 Å². The quantitative estimate of drug-likeness (QED) is 0.472. The molecular weight excluding hydrogens is 385 g/mol. The van der Waals surface area contributed by atoms with Crippen LogP contribution in [0.5, 0.6) is 0 Å². The highest BCUT2D eigenvalue weighted by Crippen LogP contribution is 2.33. The van der Waals surface area contributed by atoms with Crippen molar-refractivity contribution in [1.29, 1.82) is 0 Å². The average molecular weight is 407 g/mol. The number of rotatable bonds is 5. The van der Waals surface area contributed by atoms with Crippen molar-refractivity contribution in [2.75, 3.05) is 17.2 Å². The second kappa shape index (κ2) is 6.53. The van der Waals surface area contributed by atoms with Crippen molar-refractivity contribution in [3.8, 4) is 0 Å². The zero-order valence-corrected chi connectivity index (χ0v) is 16.7. The summed E-state index contributed by atoms with van der Waals surface area (Å²) in [6.45, 7) is 2.46. The number of hydrogen-bond acceptors (Lipinski definition) is 5. The van der Waals surface area contributed by atoms with E-state index in [2.05, 4.69) is 20.7 Å². The number of anilines is 2. The molecule has 154 valence electrons. The number of nitrogens with one attached hydrogen (secondary N) is 2. The molecule has 0 aliphatic heterocycles. The first kappa shape index (κ1) is 18.6. The summed E-state index contributed by atoms with van der Waals surface area (Å²) in [6.07, 6.45) is 7.22. The maximum absolute atomic E-state index is 14.3. The number of hydrogen-bond donors (Lipinski definition) is 3. The maximum atomic E-state index is 14.3. The van der Waals surface area contributed by atoms with Gasteiger partial charge in [0.15, 0.2) is 11.5 Å². The fourth-order valence-electron chi connectivity index (χ4n) is 3.61. The van der Waals surface area contributed by atoms with Crippen LogP contribution in [0.1, 0.15) is 28.9 Å². The lowest BCUT2D eigenvalue weighted by molar-refractivity contribution is 0.102. The van der Waals surface area contributed by atoms with Crippen LogP contribution in [0.4, 0.5) is 15.8 Å². The lowest BCUT2D eigenvalue weighted by Gasteiger charge is -2.13. The zero-order chi connectivity index (χ0) is 21.0. The van der Waals surface area contributed by atoms with E-state index in [1.54, 1.807) is 34.5 Å². The second-order valence-electron chi connectivity index (χ2n) is 8.09. The molecule has 1 aliphatic rings. The molecular formula is C21H22FN7O. The molecule has 0 unspecified atom stereocenters. The third-order valence-electron chi connectivity index (χ3n) is 5.44. The van der Waals surface area contributed by atoms with Crippen LogP contribution >= 0.6 is 0 Å². The molecule has 1 fully saturated rings. The molecule has 4 aromatic rings. The van der Waals surface area contributed by atoms with Gasteiger partial charge in [0.1, 0.15) is 5.52 Å². The minimum Gasteiger partial charge on any atom is -0.383 e. The lowest BCUT2D eigenvalue weighted by atomic mass is 10.1. The number of imidazole rings is 1. The van der Waals surface area contributed by atoms with Gasteiger partial charge in [-0.2, -0.15) is 5.10 Å². The SMILES string of the molecule is Cc1cn2cc(NC(=O)c3ccc(NCC4(N)CC4)c4cn(C)nc34)cc(F)c2n1. The van der Waals surface area contributed by atoms with Gasteiger partial charge in [-0.15, -0.1) is 0 Å². The van der Waals surface area contributed by atoms with Gasteiger partial charge in [0.05, 0.1) is 16.9 Å². The highest BCUT2D eigenvalue weighted by Gasteiger charge is 2.37. The summed E-state index contributed by atoms with van der Waals surface area (Å²) >= 11 is 0. The number of nitrogens with zero attached hydrogens (tertiary/aromatic N) is 4. The van der Waals surface area contributed by atoms with Gasteiger partial charge in [-0.05, 0) is 31.9 Å². The Morgan fingerprint density at radius 1 is 1.30 bits per heavy atom. The number of aryl methyl sites for hydroxylation is 2. The van der Waals surface area contributed by atoms with Gasteiger partial charge in [0, 0.05) is 54.9 Å². The second-order valence-corrected chi connectivity index (χ2v) is 8.09. The van der Waals surface area contributed by atoms with Crippen LogP contribution in [0.25, 0.3) is 16.6 Å². The van der Waals surface area contributed by atoms with Crippen LogP contribution in [0, 0.1) is 12.7 Å². The summed E-state index contributed by atoms with van der Waals surface area (Å²) in [5.74, 6) is -0.863. The van der Waals surface area contributed by atoms with Crippen molar-refractivity contribution in [3.63, 3.8) is 0 Å². The Kier molecular flexibility index (Phi) is 4.04. The van der Waals surface area contributed by atoms with Crippen molar-refractivity contribution in [3.05, 3.63) is 53.9 Å². The Balaban J connectivity index is 1.46. The first-order chi connectivity index (χ1) is 14.3. The number of carbonyl (C=O) groups is 1. The molecule has 5 rings (SSSR count). The number of nitrogens with two attached hydrogens (primary N) is 1. The highest BCUT2D eigenvalue weighted by molar-refractivity contribution is 6.13. The summed E-state index contributed by atoms with van der Waals surface area (Å²) in [5.41, 5.74) is 9.16. The van der Waals surface area contributed by atoms with Crippen LogP contribution in [-0.2, 0) is 7.05 Å². The topological polar surface area (TPSA) is 102 Å². The number of benzene rings is 1. The van der Waals surface area contributed by atoms with Crippen molar-refractivity contribution in [1.82, 2.24) is 19.2 Å². The number of fused-ring (bicyclic) bond motifs is 2. The molecule has 9 heteroatoms. The number of amides is 1. The average Bonchev–Trinajstić information content (AvgIpc) is 3.09. The Labute approximate surface area is 171 Å². The monoisotopic (exact) mass is 407 g/mol. The number of halogens is 1. The molecule has 1 saturated carbocycles. The molecule has 0 radical (unpaired) electrons. The van der Waals surface area contributed by atoms with E-state index in [4.69, 9.17) is 5.73 Å². The Bertz CT molecular complexity index is 1300. The van der Waals surface area contributed by atoms with E-state index in [9.17, 15) is 9.18 Å². The normalized spacial score (nSPS) is 14.9. The van der Waals surface area contributed by atoms with Gasteiger partial charge < -0.3 is 20.8 Å². The van der Waals surface area contributed by atoms with E-state index in [0.29, 0.717) is 29.0 Å². The predicted molar refractivity (Wildman–Crippen MR) is 113 cm³/mol. The van der Waals surface area contributed by atoms with Crippen LogP contribution in [0.2, 0.25) is 0 Å². The fourth-order valence-corrected chi connectivity index (χ4v) is 3.61. The van der Waals surface area contributed by atoms with E-state index in [-0.39, 0.29) is 17.1 Å². The largest absolute Gasteiger partial charge is 0.383 e. The standard InChI is InChI=1S/C21H22FN7O/c1-12-8-29-9-13(7-16(22)19(29)25-12)26-20(30)14-3-4-17(24-11-21(23)5-6-21)15-10-28(2)27-18(14)15/h3-4,7-10,24H,5-6,11,23H2,1-2H3,(H,26,30). The first-order valence-corrected chi connectivity index (χ1v) is 9.77. The highest BCUT2D eigenvalue weighted by atomic mass is 19.1. The number of aromatic nitrogens is 4. The molecule has 0 spiro atoms. The van der Waals surface area contributed by atoms with Crippen molar-refractivity contribution in [2.45, 2.75) is 25.3 Å². The molecule has 30 heavy (non-hydrogen) atoms. The van der Waals surface area contributed by atoms with Gasteiger partial charge >= 0.3 is 0 Å². The summed E-state index contributed by atoms with van der Waals surface area (Å²) in [7, 11) is 1.81. The zero-order valence-electron chi connectivity index (χ0n) is 16.7. The van der Waals surface area contributed by atoms with E-state index < -0.39 is 5.82 Å². The van der Waals surface area contributed by atoms with Gasteiger partial charge in [0.2, 0.25) is 0 Å². The minimum absolute atomic E-state index is 0.140. The molecule has 4 N–H and O–H groups in total. The summed E-state index contributed by atoms with van der Waals surface area (Å²) in [4.78, 5) is 17.1. The summed E-state index contributed by atoms with van der Waals surface area (Å²) < 4.78 is 17.6. The number of pyridine rings is 1. The van der Waals surface area contributed by atoms with Gasteiger partial charge in [0.25, 0.3) is 5.91 Å². The third kappa shape index (κ3) is 3.26. The molecule has 1 amide bonds. The molecule has 3 heterocycles. The van der Waals surface area contributed by atoms with Crippen molar-refractivity contribution >= 4 is 33.8 Å². The Morgan fingerprint density at radius 2 is 2.10 bits per heavy atom. The van der Waals surface area contributed by atoms with E-state index in [1.165, 1.54) is 6.07 Å². The van der Waals surface area contributed by atoms with Gasteiger partial charge in [-0.3, -0.25) is 9.48 Å². The van der Waals surface area contributed by atoms with E-state index in [1.807, 2.05) is 19.3 Å². The summed E-state index contributed by atoms with van der Waals surface area (Å²) in [6, 6.07) is 4.84. The van der Waals surface area contributed by atoms with Crippen molar-refractivity contribution < 1.29 is 9.18 Å². The molecule has 0 saturated heterocycles. The molecule has 8 nitrogen and oxygen atoms in total. The summed E-state index contributed by atoms with van der Waals surface area (Å²) in [5, 5.41) is 11.4.